The maximum absolute atomic E-state index is 13.1. The van der Waals surface area contributed by atoms with E-state index >= 15 is 0 Å². The van der Waals surface area contributed by atoms with Gasteiger partial charge in [-0.05, 0) is 55.7 Å². The van der Waals surface area contributed by atoms with E-state index in [-0.39, 0.29) is 11.8 Å². The largest absolute Gasteiger partial charge is 0.494 e. The molecule has 1 aromatic heterocycles. The molecule has 174 valence electrons. The molecule has 0 radical (unpaired) electrons. The van der Waals surface area contributed by atoms with Crippen molar-refractivity contribution in [2.24, 2.45) is 0 Å². The van der Waals surface area contributed by atoms with Crippen LogP contribution in [-0.2, 0) is 17.8 Å². The maximum atomic E-state index is 13.1. The van der Waals surface area contributed by atoms with Gasteiger partial charge in [-0.3, -0.25) is 4.79 Å². The highest BCUT2D eigenvalue weighted by Crippen LogP contribution is 2.34. The third-order valence-corrected chi connectivity index (χ3v) is 6.65. The molecule has 0 bridgehead atoms. The summed E-state index contributed by atoms with van der Waals surface area (Å²) in [5.41, 5.74) is 5.57. The molecule has 5 rings (SSSR count). The number of aromatic nitrogens is 2. The lowest BCUT2D eigenvalue weighted by molar-refractivity contribution is -0.117. The lowest BCUT2D eigenvalue weighted by atomic mass is 10.1. The summed E-state index contributed by atoms with van der Waals surface area (Å²) in [6.07, 6.45) is 2.26. The first kappa shape index (κ1) is 22.2. The Balaban J connectivity index is 1.35. The van der Waals surface area contributed by atoms with Crippen molar-refractivity contribution in [3.05, 3.63) is 89.7 Å². The zero-order valence-electron chi connectivity index (χ0n) is 19.9. The first-order valence-corrected chi connectivity index (χ1v) is 12.2. The standard InChI is InChI=1S/C29H31N3O2/c1-3-22-9-4-6-11-26(22)32-20-23(19-28(32)33)29-30-25-10-5-7-12-27(25)31(29)17-8-18-34-24-15-13-21(2)14-16-24/h4-7,9-16,23H,3,8,17-20H2,1-2H3. The molecular formula is C29H31N3O2. The van der Waals surface area contributed by atoms with Crippen molar-refractivity contribution in [2.75, 3.05) is 18.1 Å². The van der Waals surface area contributed by atoms with Gasteiger partial charge in [-0.25, -0.2) is 4.98 Å². The molecule has 1 fully saturated rings. The van der Waals surface area contributed by atoms with Gasteiger partial charge in [-0.2, -0.15) is 0 Å². The van der Waals surface area contributed by atoms with Crippen molar-refractivity contribution >= 4 is 22.6 Å². The molecule has 1 unspecified atom stereocenters. The van der Waals surface area contributed by atoms with Gasteiger partial charge in [-0.15, -0.1) is 0 Å². The van der Waals surface area contributed by atoms with Gasteiger partial charge in [0, 0.05) is 31.1 Å². The number of fused-ring (bicyclic) bond motifs is 1. The summed E-state index contributed by atoms with van der Waals surface area (Å²) in [5.74, 6) is 2.14. The number of carbonyl (C=O) groups is 1. The minimum absolute atomic E-state index is 0.0721. The van der Waals surface area contributed by atoms with Crippen molar-refractivity contribution in [2.45, 2.75) is 45.6 Å². The Kier molecular flexibility index (Phi) is 6.35. The Hall–Kier alpha value is -3.60. The summed E-state index contributed by atoms with van der Waals surface area (Å²) in [4.78, 5) is 20.0. The van der Waals surface area contributed by atoms with Gasteiger partial charge in [0.1, 0.15) is 11.6 Å². The molecule has 1 saturated heterocycles. The third kappa shape index (κ3) is 4.43. The average Bonchev–Trinajstić information content (AvgIpc) is 3.43. The van der Waals surface area contributed by atoms with Gasteiger partial charge in [-0.1, -0.05) is 55.0 Å². The normalized spacial score (nSPS) is 15.9. The van der Waals surface area contributed by atoms with E-state index in [2.05, 4.69) is 60.9 Å². The number of aryl methyl sites for hydroxylation is 3. The molecule has 1 amide bonds. The van der Waals surface area contributed by atoms with Crippen LogP contribution in [0.15, 0.2) is 72.8 Å². The Morgan fingerprint density at radius 2 is 1.76 bits per heavy atom. The molecule has 0 N–H and O–H groups in total. The van der Waals surface area contributed by atoms with Crippen LogP contribution in [0.25, 0.3) is 11.0 Å². The number of benzene rings is 3. The van der Waals surface area contributed by atoms with E-state index in [1.807, 2.05) is 35.2 Å². The molecule has 34 heavy (non-hydrogen) atoms. The fourth-order valence-corrected chi connectivity index (χ4v) is 4.87. The van der Waals surface area contributed by atoms with Crippen molar-refractivity contribution in [3.63, 3.8) is 0 Å². The molecule has 0 spiro atoms. The predicted molar refractivity (Wildman–Crippen MR) is 137 cm³/mol. The Labute approximate surface area is 201 Å². The van der Waals surface area contributed by atoms with Crippen LogP contribution in [0.1, 0.15) is 42.6 Å². The monoisotopic (exact) mass is 453 g/mol. The van der Waals surface area contributed by atoms with E-state index in [0.29, 0.717) is 19.6 Å². The number of hydrogen-bond donors (Lipinski definition) is 0. The van der Waals surface area contributed by atoms with E-state index in [9.17, 15) is 4.79 Å². The van der Waals surface area contributed by atoms with Crippen LogP contribution in [0.4, 0.5) is 5.69 Å². The van der Waals surface area contributed by atoms with Crippen molar-refractivity contribution in [3.8, 4) is 5.75 Å². The number of para-hydroxylation sites is 3. The first-order valence-electron chi connectivity index (χ1n) is 12.2. The van der Waals surface area contributed by atoms with Gasteiger partial charge >= 0.3 is 0 Å². The van der Waals surface area contributed by atoms with Crippen molar-refractivity contribution in [1.82, 2.24) is 9.55 Å². The fraction of sp³-hybridized carbons (Fsp3) is 0.310. The smallest absolute Gasteiger partial charge is 0.227 e. The van der Waals surface area contributed by atoms with Crippen LogP contribution in [0.2, 0.25) is 0 Å². The quantitative estimate of drug-likeness (QED) is 0.312. The van der Waals surface area contributed by atoms with Gasteiger partial charge < -0.3 is 14.2 Å². The SMILES string of the molecule is CCc1ccccc1N1CC(c2nc3ccccc3n2CCCOc2ccc(C)cc2)CC1=O. The number of carbonyl (C=O) groups excluding carboxylic acids is 1. The van der Waals surface area contributed by atoms with Crippen molar-refractivity contribution < 1.29 is 9.53 Å². The zero-order chi connectivity index (χ0) is 23.5. The molecule has 1 atom stereocenters. The van der Waals surface area contributed by atoms with Crippen molar-refractivity contribution in [1.29, 1.82) is 0 Å². The molecule has 0 saturated carbocycles. The van der Waals surface area contributed by atoms with Gasteiger partial charge in [0.25, 0.3) is 0 Å². The van der Waals surface area contributed by atoms with E-state index in [1.54, 1.807) is 0 Å². The second-order valence-corrected chi connectivity index (χ2v) is 9.01. The number of rotatable bonds is 8. The average molecular weight is 454 g/mol. The maximum Gasteiger partial charge on any atom is 0.227 e. The molecule has 1 aliphatic heterocycles. The molecule has 5 heteroatoms. The Morgan fingerprint density at radius 3 is 2.59 bits per heavy atom. The summed E-state index contributed by atoms with van der Waals surface area (Å²) in [6, 6.07) is 24.6. The molecule has 3 aromatic carbocycles. The summed E-state index contributed by atoms with van der Waals surface area (Å²) in [6.45, 7) is 6.31. The second kappa shape index (κ2) is 9.72. The number of nitrogens with zero attached hydrogens (tertiary/aromatic N) is 3. The number of ether oxygens (including phenoxy) is 1. The van der Waals surface area contributed by atoms with E-state index < -0.39 is 0 Å². The summed E-state index contributed by atoms with van der Waals surface area (Å²) in [5, 5.41) is 0. The Bertz CT molecular complexity index is 1290. The van der Waals surface area contributed by atoms with E-state index in [4.69, 9.17) is 9.72 Å². The molecule has 2 heterocycles. The molecule has 1 aliphatic rings. The first-order chi connectivity index (χ1) is 16.6. The number of hydrogen-bond acceptors (Lipinski definition) is 3. The number of anilines is 1. The highest BCUT2D eigenvalue weighted by Gasteiger charge is 2.35. The van der Waals surface area contributed by atoms with Crippen LogP contribution in [0.5, 0.6) is 5.75 Å². The van der Waals surface area contributed by atoms with Gasteiger partial charge in [0.15, 0.2) is 0 Å². The van der Waals surface area contributed by atoms with E-state index in [0.717, 1.165) is 47.7 Å². The summed E-state index contributed by atoms with van der Waals surface area (Å²) >= 11 is 0. The lowest BCUT2D eigenvalue weighted by Crippen LogP contribution is -2.25. The topological polar surface area (TPSA) is 47.4 Å². The van der Waals surface area contributed by atoms with E-state index in [1.165, 1.54) is 11.1 Å². The van der Waals surface area contributed by atoms with Gasteiger partial charge in [0.05, 0.1) is 17.6 Å². The van der Waals surface area contributed by atoms with Crippen LogP contribution < -0.4 is 9.64 Å². The van der Waals surface area contributed by atoms with Crippen LogP contribution in [0, 0.1) is 6.92 Å². The molecule has 4 aromatic rings. The van der Waals surface area contributed by atoms with Crippen LogP contribution in [0.3, 0.4) is 0 Å². The minimum Gasteiger partial charge on any atom is -0.494 e. The molecular weight excluding hydrogens is 422 g/mol. The summed E-state index contributed by atoms with van der Waals surface area (Å²) in [7, 11) is 0. The molecule has 0 aliphatic carbocycles. The molecule has 5 nitrogen and oxygen atoms in total. The second-order valence-electron chi connectivity index (χ2n) is 9.01. The zero-order valence-corrected chi connectivity index (χ0v) is 19.9. The third-order valence-electron chi connectivity index (χ3n) is 6.65. The number of amides is 1. The fourth-order valence-electron chi connectivity index (χ4n) is 4.87. The highest BCUT2D eigenvalue weighted by atomic mass is 16.5. The van der Waals surface area contributed by atoms with Gasteiger partial charge in [0.2, 0.25) is 5.91 Å². The van der Waals surface area contributed by atoms with Crippen LogP contribution >= 0.6 is 0 Å². The lowest BCUT2D eigenvalue weighted by Gasteiger charge is -2.20. The predicted octanol–water partition coefficient (Wildman–Crippen LogP) is 5.90. The highest BCUT2D eigenvalue weighted by molar-refractivity contribution is 5.97. The minimum atomic E-state index is 0.0721. The Morgan fingerprint density at radius 1 is 1.00 bits per heavy atom. The number of imidazole rings is 1. The van der Waals surface area contributed by atoms with Crippen LogP contribution in [-0.4, -0.2) is 28.6 Å². The summed E-state index contributed by atoms with van der Waals surface area (Å²) < 4.78 is 8.25.